The topological polar surface area (TPSA) is 77.5 Å². The van der Waals surface area contributed by atoms with E-state index in [2.05, 4.69) is 13.2 Å². The van der Waals surface area contributed by atoms with Gasteiger partial charge in [-0.15, -0.1) is 13.2 Å². The second-order valence-electron chi connectivity index (χ2n) is 3.04. The van der Waals surface area contributed by atoms with Crippen molar-refractivity contribution in [1.29, 1.82) is 0 Å². The van der Waals surface area contributed by atoms with Crippen molar-refractivity contribution in [2.45, 2.75) is 12.8 Å². The highest BCUT2D eigenvalue weighted by atomic mass is 32.2. The first-order chi connectivity index (χ1) is 8.54. The van der Waals surface area contributed by atoms with E-state index in [1.807, 2.05) is 0 Å². The summed E-state index contributed by atoms with van der Waals surface area (Å²) in [4.78, 5) is 22.9. The number of hydrogen-bond acceptors (Lipinski definition) is 4. The lowest BCUT2D eigenvalue weighted by Crippen LogP contribution is -2.36. The molecule has 0 aromatic heterocycles. The number of imide groups is 1. The fourth-order valence-electron chi connectivity index (χ4n) is 0.921. The van der Waals surface area contributed by atoms with Gasteiger partial charge in [0.15, 0.2) is 0 Å². The Morgan fingerprint density at radius 3 is 1.72 bits per heavy atom. The van der Waals surface area contributed by atoms with Gasteiger partial charge in [0.2, 0.25) is 0 Å². The van der Waals surface area contributed by atoms with Crippen molar-refractivity contribution in [1.82, 2.24) is 4.31 Å². The van der Waals surface area contributed by atoms with E-state index in [9.17, 15) is 18.4 Å². The van der Waals surface area contributed by atoms with Crippen molar-refractivity contribution >= 4 is 23.1 Å². The summed E-state index contributed by atoms with van der Waals surface area (Å²) in [5.74, 6) is -1.84. The molecule has 0 saturated carbocycles. The number of rotatable bonds is 7. The fourth-order valence-corrected chi connectivity index (χ4v) is 1.34. The van der Waals surface area contributed by atoms with Gasteiger partial charge in [0.05, 0.1) is 11.3 Å². The van der Waals surface area contributed by atoms with Gasteiger partial charge in [0.25, 0.3) is 11.8 Å². The zero-order valence-electron chi connectivity index (χ0n) is 9.78. The molecule has 0 aromatic rings. The summed E-state index contributed by atoms with van der Waals surface area (Å²) < 4.78 is 21.8. The standard InChI is InChI=1S/C12H15NO4S/c1-3-5-7-9-11(14)13(18(16)17)12(15)10-8-6-4-2/h3-4,7-10H,1-2,5-6H2,(H,16,17)/p-1. The first-order valence-corrected chi connectivity index (χ1v) is 6.10. The molecule has 0 saturated heterocycles. The van der Waals surface area contributed by atoms with Crippen LogP contribution < -0.4 is 0 Å². The smallest absolute Gasteiger partial charge is 0.264 e. The molecule has 0 rings (SSSR count). The van der Waals surface area contributed by atoms with E-state index in [-0.39, 0.29) is 4.31 Å². The van der Waals surface area contributed by atoms with Gasteiger partial charge in [-0.25, -0.2) is 4.31 Å². The minimum atomic E-state index is -2.94. The maximum absolute atomic E-state index is 11.5. The van der Waals surface area contributed by atoms with Crippen molar-refractivity contribution in [3.63, 3.8) is 0 Å². The zero-order valence-corrected chi connectivity index (χ0v) is 10.6. The molecule has 98 valence electrons. The lowest BCUT2D eigenvalue weighted by Gasteiger charge is -2.19. The molecular weight excluding hydrogens is 254 g/mol. The second kappa shape index (κ2) is 9.26. The van der Waals surface area contributed by atoms with Crippen LogP contribution in [0.3, 0.4) is 0 Å². The van der Waals surface area contributed by atoms with Crippen molar-refractivity contribution in [3.8, 4) is 0 Å². The maximum Gasteiger partial charge on any atom is 0.264 e. The van der Waals surface area contributed by atoms with E-state index in [1.54, 1.807) is 0 Å². The third-order valence-corrected chi connectivity index (χ3v) is 2.33. The molecule has 0 aliphatic carbocycles. The highest BCUT2D eigenvalue weighted by molar-refractivity contribution is 7.78. The predicted molar refractivity (Wildman–Crippen MR) is 68.7 cm³/mol. The number of carbonyl (C=O) groups excluding carboxylic acids is 2. The second-order valence-corrected chi connectivity index (χ2v) is 3.84. The molecule has 18 heavy (non-hydrogen) atoms. The van der Waals surface area contributed by atoms with Crippen LogP contribution in [0.5, 0.6) is 0 Å². The molecule has 1 atom stereocenters. The lowest BCUT2D eigenvalue weighted by molar-refractivity contribution is -0.132. The van der Waals surface area contributed by atoms with Crippen molar-refractivity contribution in [2.75, 3.05) is 0 Å². The average molecular weight is 268 g/mol. The van der Waals surface area contributed by atoms with Gasteiger partial charge in [0.1, 0.15) is 0 Å². The minimum Gasteiger partial charge on any atom is -0.755 e. The molecule has 5 nitrogen and oxygen atoms in total. The molecule has 6 heteroatoms. The van der Waals surface area contributed by atoms with Crippen LogP contribution in [-0.2, 0) is 20.9 Å². The van der Waals surface area contributed by atoms with Crippen molar-refractivity contribution in [3.05, 3.63) is 49.6 Å². The Morgan fingerprint density at radius 2 is 1.44 bits per heavy atom. The first-order valence-electron chi connectivity index (χ1n) is 5.06. The average Bonchev–Trinajstić information content (AvgIpc) is 2.29. The minimum absolute atomic E-state index is 0.138. The Labute approximate surface area is 109 Å². The van der Waals surface area contributed by atoms with Gasteiger partial charge < -0.3 is 4.55 Å². The molecule has 0 aliphatic heterocycles. The summed E-state index contributed by atoms with van der Waals surface area (Å²) in [5, 5.41) is 0. The van der Waals surface area contributed by atoms with E-state index in [4.69, 9.17) is 0 Å². The Bertz CT molecular complexity index is 380. The molecule has 0 bridgehead atoms. The molecular formula is C12H14NO4S-. The third kappa shape index (κ3) is 6.07. The largest absolute Gasteiger partial charge is 0.755 e. The summed E-state index contributed by atoms with van der Waals surface area (Å²) in [6, 6.07) is 0. The maximum atomic E-state index is 11.5. The summed E-state index contributed by atoms with van der Waals surface area (Å²) in [6.45, 7) is 6.87. The molecule has 0 fully saturated rings. The van der Waals surface area contributed by atoms with Gasteiger partial charge in [-0.1, -0.05) is 24.3 Å². The molecule has 0 aliphatic rings. The van der Waals surface area contributed by atoms with Gasteiger partial charge in [-0.3, -0.25) is 13.8 Å². The van der Waals surface area contributed by atoms with Crippen LogP contribution in [0, 0.1) is 0 Å². The predicted octanol–water partition coefficient (Wildman–Crippen LogP) is 1.40. The molecule has 1 unspecified atom stereocenters. The van der Waals surface area contributed by atoms with E-state index in [1.165, 1.54) is 24.3 Å². The third-order valence-electron chi connectivity index (χ3n) is 1.68. The van der Waals surface area contributed by atoms with Crippen LogP contribution >= 0.6 is 0 Å². The van der Waals surface area contributed by atoms with Crippen LogP contribution in [0.25, 0.3) is 0 Å². The van der Waals surface area contributed by atoms with Crippen LogP contribution in [0.2, 0.25) is 0 Å². The number of amides is 2. The van der Waals surface area contributed by atoms with E-state index >= 15 is 0 Å². The number of allylic oxidation sites excluding steroid dienone is 4. The van der Waals surface area contributed by atoms with Crippen molar-refractivity contribution < 1.29 is 18.4 Å². The first kappa shape index (κ1) is 16.2. The quantitative estimate of drug-likeness (QED) is 0.397. The molecule has 0 heterocycles. The molecule has 0 spiro atoms. The Hall–Kier alpha value is -1.79. The van der Waals surface area contributed by atoms with E-state index < -0.39 is 23.1 Å². The summed E-state index contributed by atoms with van der Waals surface area (Å²) >= 11 is -2.94. The number of nitrogens with zero attached hydrogens (tertiary/aromatic N) is 1. The molecule has 0 N–H and O–H groups in total. The number of hydrogen-bond donors (Lipinski definition) is 0. The zero-order chi connectivity index (χ0) is 14.0. The Balaban J connectivity index is 4.80. The van der Waals surface area contributed by atoms with Crippen LogP contribution in [0.4, 0.5) is 0 Å². The molecule has 0 aromatic carbocycles. The summed E-state index contributed by atoms with van der Waals surface area (Å²) in [5.41, 5.74) is 0. The highest BCUT2D eigenvalue weighted by Crippen LogP contribution is 2.00. The Kier molecular flexibility index (Phi) is 8.34. The van der Waals surface area contributed by atoms with E-state index in [0.29, 0.717) is 12.8 Å². The number of carbonyl (C=O) groups is 2. The van der Waals surface area contributed by atoms with Crippen LogP contribution in [0.1, 0.15) is 12.8 Å². The lowest BCUT2D eigenvalue weighted by atomic mass is 10.3. The SMILES string of the molecule is C=CCC=CC(=O)N(C(=O)C=CCC=C)S(=O)[O-]. The van der Waals surface area contributed by atoms with E-state index in [0.717, 1.165) is 12.2 Å². The van der Waals surface area contributed by atoms with Gasteiger partial charge in [0, 0.05) is 12.2 Å². The fraction of sp³-hybridized carbons (Fsp3) is 0.167. The van der Waals surface area contributed by atoms with Gasteiger partial charge in [-0.2, -0.15) is 0 Å². The van der Waals surface area contributed by atoms with Crippen LogP contribution in [0.15, 0.2) is 49.6 Å². The highest BCUT2D eigenvalue weighted by Gasteiger charge is 2.17. The normalized spacial score (nSPS) is 12.5. The van der Waals surface area contributed by atoms with Gasteiger partial charge >= 0.3 is 0 Å². The molecule has 0 radical (unpaired) electrons. The monoisotopic (exact) mass is 268 g/mol. The van der Waals surface area contributed by atoms with Crippen molar-refractivity contribution in [2.24, 2.45) is 0 Å². The van der Waals surface area contributed by atoms with Crippen LogP contribution in [-0.4, -0.2) is 24.9 Å². The molecule has 2 amide bonds. The van der Waals surface area contributed by atoms with Gasteiger partial charge in [-0.05, 0) is 12.8 Å². The summed E-state index contributed by atoms with van der Waals surface area (Å²) in [6.07, 6.45) is 8.73. The summed E-state index contributed by atoms with van der Waals surface area (Å²) in [7, 11) is 0. The Morgan fingerprint density at radius 1 is 1.06 bits per heavy atom.